The third-order valence-electron chi connectivity index (χ3n) is 2.88. The van der Waals surface area contributed by atoms with Crippen LogP contribution >= 0.6 is 0 Å². The summed E-state index contributed by atoms with van der Waals surface area (Å²) in [5.41, 5.74) is 1.32. The molecule has 20 heavy (non-hydrogen) atoms. The fraction of sp³-hybridized carbons (Fsp3) is 0.308. The molecule has 1 aromatic rings. The lowest BCUT2D eigenvalue weighted by molar-refractivity contribution is -0.132. The molecule has 0 spiro atoms. The number of hydrogen-bond donors (Lipinski definition) is 2. The van der Waals surface area contributed by atoms with Crippen molar-refractivity contribution >= 4 is 23.6 Å². The number of carbonyl (C=O) groups is 3. The van der Waals surface area contributed by atoms with Crippen molar-refractivity contribution < 1.29 is 14.4 Å². The molecule has 7 heteroatoms. The fourth-order valence-electron chi connectivity index (χ4n) is 1.91. The van der Waals surface area contributed by atoms with E-state index >= 15 is 0 Å². The molecule has 0 saturated carbocycles. The number of nitrogens with one attached hydrogen (secondary N) is 2. The number of aliphatic imine (C=N–C) groups is 1. The highest BCUT2D eigenvalue weighted by atomic mass is 16.2. The number of aromatic nitrogens is 1. The molecule has 0 bridgehead atoms. The smallest absolute Gasteiger partial charge is 0.288 e. The minimum Gasteiger partial charge on any atom is -0.288 e. The first-order chi connectivity index (χ1) is 9.61. The first kappa shape index (κ1) is 13.9. The van der Waals surface area contributed by atoms with Crippen LogP contribution in [0.4, 0.5) is 4.79 Å². The van der Waals surface area contributed by atoms with Crippen molar-refractivity contribution in [3.63, 3.8) is 0 Å². The van der Waals surface area contributed by atoms with Gasteiger partial charge in [-0.25, -0.2) is 4.79 Å². The summed E-state index contributed by atoms with van der Waals surface area (Å²) in [4.78, 5) is 42.8. The van der Waals surface area contributed by atoms with Gasteiger partial charge in [-0.3, -0.25) is 30.2 Å². The molecule has 1 aliphatic rings. The molecule has 2 heterocycles. The van der Waals surface area contributed by atoms with Crippen LogP contribution in [0.25, 0.3) is 0 Å². The number of pyridine rings is 1. The van der Waals surface area contributed by atoms with Gasteiger partial charge in [0.1, 0.15) is 0 Å². The van der Waals surface area contributed by atoms with Crippen LogP contribution in [-0.2, 0) is 16.1 Å². The average molecular weight is 274 g/mol. The molecular weight excluding hydrogens is 260 g/mol. The van der Waals surface area contributed by atoms with E-state index in [1.165, 1.54) is 0 Å². The number of amides is 4. The zero-order valence-electron chi connectivity index (χ0n) is 10.9. The van der Waals surface area contributed by atoms with Gasteiger partial charge < -0.3 is 0 Å². The number of carbonyl (C=O) groups excluding carboxylic acids is 3. The quantitative estimate of drug-likeness (QED) is 0.613. The van der Waals surface area contributed by atoms with E-state index in [1.807, 2.05) is 6.07 Å². The van der Waals surface area contributed by atoms with E-state index in [9.17, 15) is 14.4 Å². The summed E-state index contributed by atoms with van der Waals surface area (Å²) in [5.74, 6) is -2.31. The lowest BCUT2D eigenvalue weighted by atomic mass is 9.97. The molecule has 1 saturated heterocycles. The van der Waals surface area contributed by atoms with Crippen molar-refractivity contribution in [2.75, 3.05) is 0 Å². The van der Waals surface area contributed by atoms with Crippen LogP contribution in [0.15, 0.2) is 29.5 Å². The van der Waals surface area contributed by atoms with Crippen molar-refractivity contribution in [1.82, 2.24) is 15.6 Å². The Balaban J connectivity index is 2.17. The summed E-state index contributed by atoms with van der Waals surface area (Å²) < 4.78 is 0. The van der Waals surface area contributed by atoms with Crippen LogP contribution in [0.2, 0.25) is 0 Å². The molecule has 4 amide bonds. The Morgan fingerprint density at radius 2 is 2.00 bits per heavy atom. The fourth-order valence-corrected chi connectivity index (χ4v) is 1.91. The van der Waals surface area contributed by atoms with Crippen molar-refractivity contribution in [2.24, 2.45) is 10.9 Å². The number of nitrogens with zero attached hydrogens (tertiary/aromatic N) is 2. The Hall–Kier alpha value is -2.57. The van der Waals surface area contributed by atoms with E-state index in [2.05, 4.69) is 20.6 Å². The van der Waals surface area contributed by atoms with E-state index < -0.39 is 23.8 Å². The second kappa shape index (κ2) is 6.05. The van der Waals surface area contributed by atoms with Gasteiger partial charge in [-0.05, 0) is 18.1 Å². The molecule has 0 aliphatic carbocycles. The second-order valence-electron chi connectivity index (χ2n) is 4.26. The number of barbiturate groups is 1. The first-order valence-electron chi connectivity index (χ1n) is 6.19. The third kappa shape index (κ3) is 3.05. The Morgan fingerprint density at radius 1 is 1.30 bits per heavy atom. The van der Waals surface area contributed by atoms with Gasteiger partial charge in [-0.2, -0.15) is 0 Å². The minimum absolute atomic E-state index is 0.335. The molecule has 2 rings (SSSR count). The molecule has 0 radical (unpaired) electrons. The summed E-state index contributed by atoms with van der Waals surface area (Å²) in [6.07, 6.45) is 3.77. The van der Waals surface area contributed by atoms with E-state index in [0.717, 1.165) is 5.56 Å². The molecule has 1 fully saturated rings. The molecule has 0 aromatic carbocycles. The topological polar surface area (TPSA) is 101 Å². The maximum absolute atomic E-state index is 11.7. The summed E-state index contributed by atoms with van der Waals surface area (Å²) in [7, 11) is 0. The largest absolute Gasteiger partial charge is 0.328 e. The minimum atomic E-state index is -1.05. The van der Waals surface area contributed by atoms with Gasteiger partial charge >= 0.3 is 6.03 Å². The van der Waals surface area contributed by atoms with Gasteiger partial charge in [0.05, 0.1) is 6.54 Å². The third-order valence-corrected chi connectivity index (χ3v) is 2.88. The molecule has 1 aromatic heterocycles. The van der Waals surface area contributed by atoms with Crippen molar-refractivity contribution in [3.8, 4) is 0 Å². The summed E-state index contributed by atoms with van der Waals surface area (Å²) in [6.45, 7) is 2.14. The summed E-state index contributed by atoms with van der Waals surface area (Å²) in [6, 6.07) is 2.85. The Bertz CT molecular complexity index is 548. The van der Waals surface area contributed by atoms with Gasteiger partial charge in [0, 0.05) is 18.1 Å². The normalized spacial score (nSPS) is 16.9. The average Bonchev–Trinajstić information content (AvgIpc) is 2.42. The van der Waals surface area contributed by atoms with E-state index in [0.29, 0.717) is 18.7 Å². The van der Waals surface area contributed by atoms with Crippen LogP contribution in [0, 0.1) is 5.92 Å². The van der Waals surface area contributed by atoms with Crippen LogP contribution in [0.3, 0.4) is 0 Å². The Kier molecular flexibility index (Phi) is 4.19. The standard InChI is InChI=1S/C13H14N4O3/c1-2-9(15-7-8-4-3-5-14-6-8)10-11(18)16-13(20)17-12(10)19/h3-6,10H,2,7H2,1H3,(H2,16,17,18,19,20). The molecule has 1 aliphatic heterocycles. The van der Waals surface area contributed by atoms with Crippen LogP contribution < -0.4 is 10.6 Å². The second-order valence-corrected chi connectivity index (χ2v) is 4.26. The number of imide groups is 2. The van der Waals surface area contributed by atoms with Gasteiger partial charge in [0.15, 0.2) is 5.92 Å². The predicted molar refractivity (Wildman–Crippen MR) is 70.8 cm³/mol. The van der Waals surface area contributed by atoms with Gasteiger partial charge in [-0.15, -0.1) is 0 Å². The van der Waals surface area contributed by atoms with Gasteiger partial charge in [0.2, 0.25) is 11.8 Å². The van der Waals surface area contributed by atoms with Crippen LogP contribution in [-0.4, -0.2) is 28.5 Å². The SMILES string of the molecule is CCC(=NCc1cccnc1)C1C(=O)NC(=O)NC1=O. The Labute approximate surface area is 115 Å². The van der Waals surface area contributed by atoms with E-state index in [4.69, 9.17) is 0 Å². The molecular formula is C13H14N4O3. The zero-order chi connectivity index (χ0) is 14.5. The van der Waals surface area contributed by atoms with Crippen LogP contribution in [0.5, 0.6) is 0 Å². The molecule has 0 unspecified atom stereocenters. The molecule has 7 nitrogen and oxygen atoms in total. The maximum Gasteiger partial charge on any atom is 0.328 e. The van der Waals surface area contributed by atoms with Gasteiger partial charge in [-0.1, -0.05) is 13.0 Å². The summed E-state index contributed by atoms with van der Waals surface area (Å²) >= 11 is 0. The monoisotopic (exact) mass is 274 g/mol. The number of rotatable bonds is 4. The lowest BCUT2D eigenvalue weighted by Gasteiger charge is -2.21. The highest BCUT2D eigenvalue weighted by molar-refractivity contribution is 6.27. The first-order valence-corrected chi connectivity index (χ1v) is 6.19. The lowest BCUT2D eigenvalue weighted by Crippen LogP contribution is -2.57. The van der Waals surface area contributed by atoms with Gasteiger partial charge in [0.25, 0.3) is 0 Å². The highest BCUT2D eigenvalue weighted by Gasteiger charge is 2.37. The summed E-state index contributed by atoms with van der Waals surface area (Å²) in [5, 5.41) is 4.14. The number of hydrogen-bond acceptors (Lipinski definition) is 5. The predicted octanol–water partition coefficient (Wildman–Crippen LogP) is 0.415. The van der Waals surface area contributed by atoms with E-state index in [1.54, 1.807) is 25.4 Å². The van der Waals surface area contributed by atoms with Crippen molar-refractivity contribution in [2.45, 2.75) is 19.9 Å². The zero-order valence-corrected chi connectivity index (χ0v) is 10.9. The Morgan fingerprint density at radius 3 is 2.55 bits per heavy atom. The number of urea groups is 1. The molecule has 104 valence electrons. The van der Waals surface area contributed by atoms with Crippen LogP contribution in [0.1, 0.15) is 18.9 Å². The van der Waals surface area contributed by atoms with Crippen molar-refractivity contribution in [1.29, 1.82) is 0 Å². The van der Waals surface area contributed by atoms with Crippen molar-refractivity contribution in [3.05, 3.63) is 30.1 Å². The molecule has 0 atom stereocenters. The molecule has 2 N–H and O–H groups in total. The highest BCUT2D eigenvalue weighted by Crippen LogP contribution is 2.10. The maximum atomic E-state index is 11.7. The van der Waals surface area contributed by atoms with E-state index in [-0.39, 0.29) is 0 Å².